The Labute approximate surface area is 175 Å². The van der Waals surface area contributed by atoms with Crippen molar-refractivity contribution in [1.29, 1.82) is 0 Å². The standard InChI is InChI=1S/C23H24N2O3S/c1-3-17-9-11-18(12-10-17)14-25(2)21(26)15-28-22(27)13-20-16-29-23(24-20)19-7-5-4-6-8-19/h4-12,16H,3,13-15H2,1-2H3. The number of esters is 1. The van der Waals surface area contributed by atoms with Gasteiger partial charge < -0.3 is 9.64 Å². The van der Waals surface area contributed by atoms with Crippen molar-refractivity contribution in [3.63, 3.8) is 0 Å². The molecule has 0 aliphatic heterocycles. The van der Waals surface area contributed by atoms with E-state index in [2.05, 4.69) is 24.0 Å². The summed E-state index contributed by atoms with van der Waals surface area (Å²) in [5.41, 5.74) is 3.96. The molecule has 1 aromatic heterocycles. The first-order chi connectivity index (χ1) is 14.0. The van der Waals surface area contributed by atoms with E-state index in [1.165, 1.54) is 16.9 Å². The van der Waals surface area contributed by atoms with Crippen LogP contribution in [0.2, 0.25) is 0 Å². The van der Waals surface area contributed by atoms with Gasteiger partial charge in [-0.3, -0.25) is 9.59 Å². The van der Waals surface area contributed by atoms with Crippen LogP contribution in [-0.4, -0.2) is 35.4 Å². The third kappa shape index (κ3) is 5.99. The Hall–Kier alpha value is -2.99. The molecular weight excluding hydrogens is 384 g/mol. The quantitative estimate of drug-likeness (QED) is 0.526. The molecule has 0 aliphatic rings. The van der Waals surface area contributed by atoms with Crippen LogP contribution in [0.5, 0.6) is 0 Å². The van der Waals surface area contributed by atoms with E-state index in [0.717, 1.165) is 22.6 Å². The number of carbonyl (C=O) groups is 2. The molecule has 5 nitrogen and oxygen atoms in total. The number of hydrogen-bond donors (Lipinski definition) is 0. The van der Waals surface area contributed by atoms with Crippen LogP contribution in [0, 0.1) is 0 Å². The zero-order valence-corrected chi connectivity index (χ0v) is 17.4. The lowest BCUT2D eigenvalue weighted by molar-refractivity contribution is -0.151. The van der Waals surface area contributed by atoms with Gasteiger partial charge in [0.05, 0.1) is 12.1 Å². The number of rotatable bonds is 8. The van der Waals surface area contributed by atoms with E-state index in [9.17, 15) is 9.59 Å². The van der Waals surface area contributed by atoms with Crippen LogP contribution < -0.4 is 0 Å². The van der Waals surface area contributed by atoms with Gasteiger partial charge in [-0.2, -0.15) is 0 Å². The molecule has 3 aromatic rings. The van der Waals surface area contributed by atoms with Crippen LogP contribution in [0.25, 0.3) is 10.6 Å². The Morgan fingerprint density at radius 3 is 2.41 bits per heavy atom. The lowest BCUT2D eigenvalue weighted by Crippen LogP contribution is -2.31. The monoisotopic (exact) mass is 408 g/mol. The highest BCUT2D eigenvalue weighted by Crippen LogP contribution is 2.23. The highest BCUT2D eigenvalue weighted by molar-refractivity contribution is 7.13. The SMILES string of the molecule is CCc1ccc(CN(C)C(=O)COC(=O)Cc2csc(-c3ccccc3)n2)cc1. The predicted molar refractivity (Wildman–Crippen MR) is 115 cm³/mol. The lowest BCUT2D eigenvalue weighted by atomic mass is 10.1. The maximum absolute atomic E-state index is 12.3. The van der Waals surface area contributed by atoms with Crippen molar-refractivity contribution in [2.24, 2.45) is 0 Å². The van der Waals surface area contributed by atoms with Gasteiger partial charge in [0.25, 0.3) is 5.91 Å². The molecule has 0 aliphatic carbocycles. The third-order valence-electron chi connectivity index (χ3n) is 4.53. The van der Waals surface area contributed by atoms with Crippen molar-refractivity contribution in [2.45, 2.75) is 26.3 Å². The molecule has 0 radical (unpaired) electrons. The van der Waals surface area contributed by atoms with E-state index < -0.39 is 5.97 Å². The highest BCUT2D eigenvalue weighted by atomic mass is 32.1. The van der Waals surface area contributed by atoms with E-state index in [-0.39, 0.29) is 18.9 Å². The summed E-state index contributed by atoms with van der Waals surface area (Å²) >= 11 is 1.48. The smallest absolute Gasteiger partial charge is 0.312 e. The van der Waals surface area contributed by atoms with Gasteiger partial charge in [-0.25, -0.2) is 4.98 Å². The summed E-state index contributed by atoms with van der Waals surface area (Å²) in [6, 6.07) is 18.0. The van der Waals surface area contributed by atoms with Crippen molar-refractivity contribution >= 4 is 23.2 Å². The van der Waals surface area contributed by atoms with Crippen LogP contribution in [0.4, 0.5) is 0 Å². The van der Waals surface area contributed by atoms with Crippen LogP contribution in [0.15, 0.2) is 60.0 Å². The van der Waals surface area contributed by atoms with Crippen LogP contribution in [-0.2, 0) is 33.7 Å². The lowest BCUT2D eigenvalue weighted by Gasteiger charge is -2.17. The molecule has 0 fully saturated rings. The van der Waals surface area contributed by atoms with Crippen LogP contribution >= 0.6 is 11.3 Å². The second-order valence-electron chi connectivity index (χ2n) is 6.77. The summed E-state index contributed by atoms with van der Waals surface area (Å²) in [6.07, 6.45) is 1.04. The van der Waals surface area contributed by atoms with Crippen LogP contribution in [0.1, 0.15) is 23.7 Å². The maximum atomic E-state index is 12.3. The molecule has 0 saturated carbocycles. The fourth-order valence-corrected chi connectivity index (χ4v) is 3.62. The molecule has 3 rings (SSSR count). The number of aryl methyl sites for hydroxylation is 1. The average molecular weight is 409 g/mol. The topological polar surface area (TPSA) is 59.5 Å². The summed E-state index contributed by atoms with van der Waals surface area (Å²) in [6.45, 7) is 2.32. The molecule has 0 bridgehead atoms. The normalized spacial score (nSPS) is 10.6. The van der Waals surface area contributed by atoms with Crippen molar-refractivity contribution in [1.82, 2.24) is 9.88 Å². The number of amides is 1. The highest BCUT2D eigenvalue weighted by Gasteiger charge is 2.14. The first-order valence-corrected chi connectivity index (χ1v) is 10.4. The molecule has 1 amide bonds. The minimum atomic E-state index is -0.455. The molecule has 0 spiro atoms. The first-order valence-electron chi connectivity index (χ1n) is 9.52. The van der Waals surface area contributed by atoms with Gasteiger partial charge in [-0.1, -0.05) is 61.5 Å². The Morgan fingerprint density at radius 2 is 1.72 bits per heavy atom. The summed E-state index contributed by atoms with van der Waals surface area (Å²) in [4.78, 5) is 30.4. The zero-order chi connectivity index (χ0) is 20.6. The fourth-order valence-electron chi connectivity index (χ4n) is 2.80. The molecule has 0 unspecified atom stereocenters. The van der Waals surface area contributed by atoms with Crippen molar-refractivity contribution < 1.29 is 14.3 Å². The Kier molecular flexibility index (Phi) is 7.14. The van der Waals surface area contributed by atoms with E-state index in [1.807, 2.05) is 47.8 Å². The van der Waals surface area contributed by atoms with E-state index in [1.54, 1.807) is 11.9 Å². The van der Waals surface area contributed by atoms with Gasteiger partial charge in [0, 0.05) is 24.5 Å². The van der Waals surface area contributed by atoms with Crippen LogP contribution in [0.3, 0.4) is 0 Å². The molecule has 2 aromatic carbocycles. The molecular formula is C23H24N2O3S. The number of aromatic nitrogens is 1. The van der Waals surface area contributed by atoms with Gasteiger partial charge in [-0.15, -0.1) is 11.3 Å². The minimum absolute atomic E-state index is 0.0544. The Balaban J connectivity index is 1.46. The van der Waals surface area contributed by atoms with Crippen molar-refractivity contribution in [3.05, 3.63) is 76.8 Å². The summed E-state index contributed by atoms with van der Waals surface area (Å²) in [7, 11) is 1.70. The molecule has 6 heteroatoms. The summed E-state index contributed by atoms with van der Waals surface area (Å²) < 4.78 is 5.15. The van der Waals surface area contributed by atoms with E-state index in [4.69, 9.17) is 4.74 Å². The largest absolute Gasteiger partial charge is 0.455 e. The van der Waals surface area contributed by atoms with Gasteiger partial charge >= 0.3 is 5.97 Å². The molecule has 150 valence electrons. The van der Waals surface area contributed by atoms with E-state index >= 15 is 0 Å². The number of thiazole rings is 1. The summed E-state index contributed by atoms with van der Waals surface area (Å²) in [5.74, 6) is -0.690. The molecule has 0 atom stereocenters. The minimum Gasteiger partial charge on any atom is -0.455 e. The van der Waals surface area contributed by atoms with Gasteiger partial charge in [0.2, 0.25) is 0 Å². The zero-order valence-electron chi connectivity index (χ0n) is 16.6. The predicted octanol–water partition coefficient (Wildman–Crippen LogP) is 4.12. The number of hydrogen-bond acceptors (Lipinski definition) is 5. The third-order valence-corrected chi connectivity index (χ3v) is 5.47. The Bertz CT molecular complexity index is 952. The number of carbonyl (C=O) groups excluding carboxylic acids is 2. The molecule has 0 saturated heterocycles. The number of ether oxygens (including phenoxy) is 1. The first kappa shape index (κ1) is 20.7. The summed E-state index contributed by atoms with van der Waals surface area (Å²) in [5, 5.41) is 2.70. The molecule has 0 N–H and O–H groups in total. The van der Waals surface area contributed by atoms with Crippen molar-refractivity contribution in [2.75, 3.05) is 13.7 Å². The average Bonchev–Trinajstić information content (AvgIpc) is 3.21. The van der Waals surface area contributed by atoms with Gasteiger partial charge in [0.1, 0.15) is 5.01 Å². The number of nitrogens with zero attached hydrogens (tertiary/aromatic N) is 2. The van der Waals surface area contributed by atoms with Gasteiger partial charge in [-0.05, 0) is 17.5 Å². The van der Waals surface area contributed by atoms with Gasteiger partial charge in [0.15, 0.2) is 6.61 Å². The molecule has 1 heterocycles. The number of benzene rings is 2. The number of likely N-dealkylation sites (N-methyl/N-ethyl adjacent to an activating group) is 1. The Morgan fingerprint density at radius 1 is 1.03 bits per heavy atom. The maximum Gasteiger partial charge on any atom is 0.312 e. The second-order valence-corrected chi connectivity index (χ2v) is 7.63. The molecule has 29 heavy (non-hydrogen) atoms. The van der Waals surface area contributed by atoms with Crippen molar-refractivity contribution in [3.8, 4) is 10.6 Å². The second kappa shape index (κ2) is 9.98. The fraction of sp³-hybridized carbons (Fsp3) is 0.261. The van der Waals surface area contributed by atoms with E-state index in [0.29, 0.717) is 12.2 Å².